The molecule has 1 N–H and O–H groups in total. The third-order valence-electron chi connectivity index (χ3n) is 3.81. The topological polar surface area (TPSA) is 97.7 Å². The van der Waals surface area contributed by atoms with E-state index in [4.69, 9.17) is 19.5 Å². The van der Waals surface area contributed by atoms with Crippen LogP contribution in [0.15, 0.2) is 48.0 Å². The molecule has 0 fully saturated rings. The molecule has 29 heavy (non-hydrogen) atoms. The normalized spacial score (nSPS) is 10.6. The molecule has 7 heteroatoms. The van der Waals surface area contributed by atoms with Crippen molar-refractivity contribution in [2.24, 2.45) is 0 Å². The van der Waals surface area contributed by atoms with Gasteiger partial charge in [0.15, 0.2) is 18.1 Å². The van der Waals surface area contributed by atoms with Crippen molar-refractivity contribution in [1.29, 1.82) is 5.26 Å². The number of carbonyl (C=O) groups is 2. The minimum Gasteiger partial charge on any atom is -0.493 e. The van der Waals surface area contributed by atoms with Gasteiger partial charge in [-0.3, -0.25) is 4.79 Å². The highest BCUT2D eigenvalue weighted by Gasteiger charge is 2.12. The zero-order chi connectivity index (χ0) is 21.2. The molecule has 0 heterocycles. The van der Waals surface area contributed by atoms with E-state index in [1.807, 2.05) is 37.3 Å². The number of ether oxygens (including phenoxy) is 3. The molecule has 0 aliphatic heterocycles. The molecule has 2 aromatic carbocycles. The van der Waals surface area contributed by atoms with E-state index in [2.05, 4.69) is 5.32 Å². The summed E-state index contributed by atoms with van der Waals surface area (Å²) >= 11 is 0. The fourth-order valence-corrected chi connectivity index (χ4v) is 2.38. The number of nitriles is 1. The molecule has 2 aromatic rings. The first-order valence-corrected chi connectivity index (χ1v) is 8.93. The number of hydrogen-bond donors (Lipinski definition) is 1. The fourth-order valence-electron chi connectivity index (χ4n) is 2.38. The Hall–Kier alpha value is -3.79. The predicted molar refractivity (Wildman–Crippen MR) is 109 cm³/mol. The van der Waals surface area contributed by atoms with Crippen LogP contribution in [-0.4, -0.2) is 32.2 Å². The summed E-state index contributed by atoms with van der Waals surface area (Å²) in [6.45, 7) is 3.60. The van der Waals surface area contributed by atoms with Crippen LogP contribution >= 0.6 is 0 Å². The molecular weight excluding hydrogens is 372 g/mol. The predicted octanol–water partition coefficient (Wildman–Crippen LogP) is 3.49. The van der Waals surface area contributed by atoms with Gasteiger partial charge in [0, 0.05) is 5.69 Å². The largest absolute Gasteiger partial charge is 0.493 e. The van der Waals surface area contributed by atoms with E-state index >= 15 is 0 Å². The smallest absolute Gasteiger partial charge is 0.348 e. The van der Waals surface area contributed by atoms with Crippen molar-refractivity contribution in [2.45, 2.75) is 13.8 Å². The van der Waals surface area contributed by atoms with Crippen LogP contribution in [-0.2, 0) is 14.3 Å². The fraction of sp³-hybridized carbons (Fsp3) is 0.227. The molecule has 0 bridgehead atoms. The number of hydrogen-bond acceptors (Lipinski definition) is 6. The van der Waals surface area contributed by atoms with Gasteiger partial charge in [-0.1, -0.05) is 23.8 Å². The van der Waals surface area contributed by atoms with Crippen molar-refractivity contribution in [3.63, 3.8) is 0 Å². The van der Waals surface area contributed by atoms with Crippen molar-refractivity contribution in [2.75, 3.05) is 25.6 Å². The lowest BCUT2D eigenvalue weighted by Crippen LogP contribution is -2.20. The Kier molecular flexibility index (Phi) is 7.80. The van der Waals surface area contributed by atoms with Crippen LogP contribution < -0.4 is 14.8 Å². The van der Waals surface area contributed by atoms with Crippen LogP contribution in [0.1, 0.15) is 18.1 Å². The highest BCUT2D eigenvalue weighted by Crippen LogP contribution is 2.29. The van der Waals surface area contributed by atoms with Gasteiger partial charge in [0.2, 0.25) is 0 Å². The average Bonchev–Trinajstić information content (AvgIpc) is 2.72. The molecule has 0 aromatic heterocycles. The molecule has 0 spiro atoms. The van der Waals surface area contributed by atoms with Crippen molar-refractivity contribution in [3.8, 4) is 17.6 Å². The SMILES string of the molecule is CCOC(=O)/C(C#N)=C/c1ccc(OCC(=O)Nc2ccc(C)cc2)c(OC)c1. The number of nitrogens with one attached hydrogen (secondary N) is 1. The maximum atomic E-state index is 12.1. The first-order valence-electron chi connectivity index (χ1n) is 8.93. The first kappa shape index (κ1) is 21.5. The summed E-state index contributed by atoms with van der Waals surface area (Å²) in [7, 11) is 1.46. The van der Waals surface area contributed by atoms with E-state index in [0.717, 1.165) is 5.56 Å². The summed E-state index contributed by atoms with van der Waals surface area (Å²) in [6.07, 6.45) is 1.40. The zero-order valence-corrected chi connectivity index (χ0v) is 16.5. The number of aryl methyl sites for hydroxylation is 1. The third-order valence-corrected chi connectivity index (χ3v) is 3.81. The molecule has 2 rings (SSSR count). The second-order valence-corrected chi connectivity index (χ2v) is 6.00. The van der Waals surface area contributed by atoms with Gasteiger partial charge in [0.1, 0.15) is 11.6 Å². The zero-order valence-electron chi connectivity index (χ0n) is 16.5. The summed E-state index contributed by atoms with van der Waals surface area (Å²) in [5.74, 6) is -0.280. The highest BCUT2D eigenvalue weighted by atomic mass is 16.5. The number of carbonyl (C=O) groups excluding carboxylic acids is 2. The van der Waals surface area contributed by atoms with Crippen LogP contribution in [0, 0.1) is 18.3 Å². The van der Waals surface area contributed by atoms with Gasteiger partial charge in [-0.2, -0.15) is 5.26 Å². The Morgan fingerprint density at radius 2 is 1.86 bits per heavy atom. The average molecular weight is 394 g/mol. The Morgan fingerprint density at radius 1 is 1.14 bits per heavy atom. The van der Waals surface area contributed by atoms with Gasteiger partial charge < -0.3 is 19.5 Å². The molecule has 0 unspecified atom stereocenters. The monoisotopic (exact) mass is 394 g/mol. The lowest BCUT2D eigenvalue weighted by Gasteiger charge is -2.12. The lowest BCUT2D eigenvalue weighted by molar-refractivity contribution is -0.137. The van der Waals surface area contributed by atoms with E-state index in [-0.39, 0.29) is 24.7 Å². The van der Waals surface area contributed by atoms with E-state index < -0.39 is 5.97 Å². The molecule has 150 valence electrons. The Labute approximate surface area is 169 Å². The summed E-state index contributed by atoms with van der Waals surface area (Å²) in [5, 5.41) is 11.9. The third kappa shape index (κ3) is 6.40. The van der Waals surface area contributed by atoms with Crippen LogP contribution in [0.3, 0.4) is 0 Å². The van der Waals surface area contributed by atoms with E-state index in [0.29, 0.717) is 22.7 Å². The number of amides is 1. The molecule has 7 nitrogen and oxygen atoms in total. The summed E-state index contributed by atoms with van der Waals surface area (Å²) in [6, 6.07) is 14.1. The van der Waals surface area contributed by atoms with Gasteiger partial charge in [-0.05, 0) is 49.8 Å². The van der Waals surface area contributed by atoms with E-state index in [1.165, 1.54) is 13.2 Å². The second-order valence-electron chi connectivity index (χ2n) is 6.00. The summed E-state index contributed by atoms with van der Waals surface area (Å²) in [5.41, 5.74) is 2.21. The number of rotatable bonds is 8. The standard InChI is InChI=1S/C22H22N2O5/c1-4-28-22(26)17(13-23)11-16-7-10-19(20(12-16)27-3)29-14-21(25)24-18-8-5-15(2)6-9-18/h5-12H,4,14H2,1-3H3,(H,24,25)/b17-11+. The van der Waals surface area contributed by atoms with Crippen molar-refractivity contribution in [3.05, 3.63) is 59.2 Å². The molecule has 0 aliphatic rings. The molecular formula is C22H22N2O5. The van der Waals surface area contributed by atoms with Crippen LogP contribution in [0.25, 0.3) is 6.08 Å². The quantitative estimate of drug-likeness (QED) is 0.418. The number of nitrogens with zero attached hydrogens (tertiary/aromatic N) is 1. The van der Waals surface area contributed by atoms with Crippen LogP contribution in [0.5, 0.6) is 11.5 Å². The van der Waals surface area contributed by atoms with Crippen molar-refractivity contribution in [1.82, 2.24) is 0 Å². The Balaban J connectivity index is 2.06. The first-order chi connectivity index (χ1) is 14.0. The number of esters is 1. The van der Waals surface area contributed by atoms with Gasteiger partial charge in [0.05, 0.1) is 13.7 Å². The lowest BCUT2D eigenvalue weighted by atomic mass is 10.1. The maximum Gasteiger partial charge on any atom is 0.348 e. The molecule has 1 amide bonds. The minimum absolute atomic E-state index is 0.125. The summed E-state index contributed by atoms with van der Waals surface area (Å²) in [4.78, 5) is 23.8. The van der Waals surface area contributed by atoms with E-state index in [1.54, 1.807) is 25.1 Å². The van der Waals surface area contributed by atoms with Gasteiger partial charge in [-0.25, -0.2) is 4.79 Å². The highest BCUT2D eigenvalue weighted by molar-refractivity contribution is 5.98. The van der Waals surface area contributed by atoms with Crippen molar-refractivity contribution >= 4 is 23.6 Å². The molecule has 0 aliphatic carbocycles. The number of methoxy groups -OCH3 is 1. The van der Waals surface area contributed by atoms with Crippen LogP contribution in [0.2, 0.25) is 0 Å². The van der Waals surface area contributed by atoms with Gasteiger partial charge in [0.25, 0.3) is 5.91 Å². The molecule has 0 saturated heterocycles. The maximum absolute atomic E-state index is 12.1. The Bertz CT molecular complexity index is 943. The molecule has 0 saturated carbocycles. The van der Waals surface area contributed by atoms with E-state index in [9.17, 15) is 9.59 Å². The van der Waals surface area contributed by atoms with Crippen molar-refractivity contribution < 1.29 is 23.8 Å². The van der Waals surface area contributed by atoms with Crippen LogP contribution in [0.4, 0.5) is 5.69 Å². The van der Waals surface area contributed by atoms with Gasteiger partial charge in [-0.15, -0.1) is 0 Å². The van der Waals surface area contributed by atoms with Gasteiger partial charge >= 0.3 is 5.97 Å². The Morgan fingerprint density at radius 3 is 2.48 bits per heavy atom. The molecule has 0 radical (unpaired) electrons. The number of benzene rings is 2. The minimum atomic E-state index is -0.693. The number of anilines is 1. The molecule has 0 atom stereocenters. The summed E-state index contributed by atoms with van der Waals surface area (Å²) < 4.78 is 15.7. The second kappa shape index (κ2) is 10.5.